The van der Waals surface area contributed by atoms with Crippen LogP contribution in [0.4, 0.5) is 21.9 Å². The van der Waals surface area contributed by atoms with Crippen LogP contribution in [0.15, 0.2) is 91.0 Å². The van der Waals surface area contributed by atoms with Crippen LogP contribution in [0.2, 0.25) is 0 Å². The molecule has 0 unspecified atom stereocenters. The van der Waals surface area contributed by atoms with Gasteiger partial charge in [0.15, 0.2) is 0 Å². The molecule has 0 radical (unpaired) electrons. The van der Waals surface area contributed by atoms with Gasteiger partial charge >= 0.3 is 6.03 Å². The van der Waals surface area contributed by atoms with E-state index in [0.29, 0.717) is 17.1 Å². The van der Waals surface area contributed by atoms with Gasteiger partial charge in [0.2, 0.25) is 5.91 Å². The molecule has 0 aliphatic carbocycles. The molecule has 134 valence electrons. The lowest BCUT2D eigenvalue weighted by Gasteiger charge is -2.08. The zero-order valence-corrected chi connectivity index (χ0v) is 14.6. The van der Waals surface area contributed by atoms with Crippen molar-refractivity contribution in [3.63, 3.8) is 0 Å². The van der Waals surface area contributed by atoms with E-state index >= 15 is 0 Å². The number of hydrogen-bond donors (Lipinski definition) is 3. The number of anilines is 3. The number of hydrogen-bond acceptors (Lipinski definition) is 2. The summed E-state index contributed by atoms with van der Waals surface area (Å²) in [6, 6.07) is 25.4. The minimum Gasteiger partial charge on any atom is -0.323 e. The third-order valence-corrected chi connectivity index (χ3v) is 3.67. The molecule has 27 heavy (non-hydrogen) atoms. The summed E-state index contributed by atoms with van der Waals surface area (Å²) in [5.41, 5.74) is 2.94. The van der Waals surface area contributed by atoms with Crippen molar-refractivity contribution in [1.82, 2.24) is 0 Å². The van der Waals surface area contributed by atoms with Gasteiger partial charge in [-0.1, -0.05) is 48.5 Å². The summed E-state index contributed by atoms with van der Waals surface area (Å²) in [5.74, 6) is -0.221. The molecule has 0 atom stereocenters. The highest BCUT2D eigenvalue weighted by atomic mass is 16.2. The second-order valence-corrected chi connectivity index (χ2v) is 5.76. The molecule has 3 amide bonds. The molecule has 5 nitrogen and oxygen atoms in total. The number of para-hydroxylation sites is 1. The molecule has 0 aliphatic rings. The summed E-state index contributed by atoms with van der Waals surface area (Å²) in [5, 5.41) is 8.26. The van der Waals surface area contributed by atoms with Gasteiger partial charge in [-0.25, -0.2) is 4.79 Å². The lowest BCUT2D eigenvalue weighted by molar-refractivity contribution is -0.111. The first-order valence-corrected chi connectivity index (χ1v) is 8.46. The number of benzene rings is 3. The zero-order chi connectivity index (χ0) is 18.9. The molecule has 0 bridgehead atoms. The van der Waals surface area contributed by atoms with Crippen LogP contribution < -0.4 is 16.0 Å². The van der Waals surface area contributed by atoms with Gasteiger partial charge in [0.25, 0.3) is 0 Å². The molecule has 0 fully saturated rings. The summed E-state index contributed by atoms with van der Waals surface area (Å²) < 4.78 is 0. The Kier molecular flexibility index (Phi) is 5.99. The Morgan fingerprint density at radius 2 is 1.07 bits per heavy atom. The smallest absolute Gasteiger partial charge is 0.323 e. The Morgan fingerprint density at radius 1 is 0.593 bits per heavy atom. The van der Waals surface area contributed by atoms with Crippen LogP contribution in [0.25, 0.3) is 6.08 Å². The molecule has 3 N–H and O–H groups in total. The maximum absolute atomic E-state index is 12.0. The van der Waals surface area contributed by atoms with Crippen LogP contribution >= 0.6 is 0 Å². The largest absolute Gasteiger partial charge is 0.323 e. The molecule has 0 aliphatic heterocycles. The number of urea groups is 1. The van der Waals surface area contributed by atoms with Crippen LogP contribution in [0, 0.1) is 0 Å². The van der Waals surface area contributed by atoms with Crippen LogP contribution in [0.5, 0.6) is 0 Å². The number of amides is 3. The van der Waals surface area contributed by atoms with Gasteiger partial charge in [-0.3, -0.25) is 4.79 Å². The highest BCUT2D eigenvalue weighted by molar-refractivity contribution is 6.02. The number of nitrogens with one attached hydrogen (secondary N) is 3. The Morgan fingerprint density at radius 3 is 1.67 bits per heavy atom. The summed E-state index contributed by atoms with van der Waals surface area (Å²) >= 11 is 0. The lowest BCUT2D eigenvalue weighted by Crippen LogP contribution is -2.19. The molecule has 0 aromatic heterocycles. The van der Waals surface area contributed by atoms with E-state index in [4.69, 9.17) is 0 Å². The fourth-order valence-electron chi connectivity index (χ4n) is 2.37. The van der Waals surface area contributed by atoms with Crippen molar-refractivity contribution in [2.75, 3.05) is 16.0 Å². The van der Waals surface area contributed by atoms with Gasteiger partial charge in [-0.2, -0.15) is 0 Å². The molecule has 5 heteroatoms. The van der Waals surface area contributed by atoms with Gasteiger partial charge in [-0.05, 0) is 48.0 Å². The van der Waals surface area contributed by atoms with Crippen molar-refractivity contribution >= 4 is 35.1 Å². The first-order valence-electron chi connectivity index (χ1n) is 8.46. The lowest BCUT2D eigenvalue weighted by atomic mass is 10.2. The van der Waals surface area contributed by atoms with Crippen molar-refractivity contribution in [2.24, 2.45) is 0 Å². The third-order valence-electron chi connectivity index (χ3n) is 3.67. The summed E-state index contributed by atoms with van der Waals surface area (Å²) in [6.07, 6.45) is 3.23. The molecule has 3 rings (SSSR count). The van der Waals surface area contributed by atoms with E-state index in [-0.39, 0.29) is 11.9 Å². The zero-order valence-electron chi connectivity index (χ0n) is 14.6. The van der Waals surface area contributed by atoms with Crippen LogP contribution in [0.3, 0.4) is 0 Å². The predicted molar refractivity (Wildman–Crippen MR) is 110 cm³/mol. The molecule has 0 saturated carbocycles. The van der Waals surface area contributed by atoms with Crippen molar-refractivity contribution in [1.29, 1.82) is 0 Å². The van der Waals surface area contributed by atoms with Gasteiger partial charge in [0, 0.05) is 23.1 Å². The monoisotopic (exact) mass is 357 g/mol. The first kappa shape index (κ1) is 17.9. The summed E-state index contributed by atoms with van der Waals surface area (Å²) in [7, 11) is 0. The van der Waals surface area contributed by atoms with Gasteiger partial charge < -0.3 is 16.0 Å². The normalized spacial score (nSPS) is 10.4. The fraction of sp³-hybridized carbons (Fsp3) is 0. The second-order valence-electron chi connectivity index (χ2n) is 5.76. The summed E-state index contributed by atoms with van der Waals surface area (Å²) in [4.78, 5) is 23.9. The van der Waals surface area contributed by atoms with E-state index in [0.717, 1.165) is 5.56 Å². The highest BCUT2D eigenvalue weighted by Gasteiger charge is 2.03. The molecule has 0 spiro atoms. The molecule has 0 heterocycles. The topological polar surface area (TPSA) is 70.2 Å². The molecule has 0 saturated heterocycles. The first-order chi connectivity index (χ1) is 13.2. The van der Waals surface area contributed by atoms with Crippen molar-refractivity contribution in [3.8, 4) is 0 Å². The molecule has 3 aromatic rings. The Bertz CT molecular complexity index is 921. The van der Waals surface area contributed by atoms with Gasteiger partial charge in [0.1, 0.15) is 0 Å². The summed E-state index contributed by atoms with van der Waals surface area (Å²) in [6.45, 7) is 0. The van der Waals surface area contributed by atoms with Crippen LogP contribution in [0.1, 0.15) is 5.56 Å². The van der Waals surface area contributed by atoms with E-state index in [1.165, 1.54) is 6.08 Å². The standard InChI is InChI=1S/C22H19N3O2/c26-21(16-11-17-7-3-1-4-8-17)23-19-12-14-20(15-13-19)25-22(27)24-18-9-5-2-6-10-18/h1-16H,(H,23,26)(H2,24,25,27). The highest BCUT2D eigenvalue weighted by Crippen LogP contribution is 2.14. The average Bonchev–Trinajstić information content (AvgIpc) is 2.69. The van der Waals surface area contributed by atoms with Gasteiger partial charge in [0.05, 0.1) is 0 Å². The van der Waals surface area contributed by atoms with E-state index in [1.54, 1.807) is 42.5 Å². The average molecular weight is 357 g/mol. The Balaban J connectivity index is 1.51. The molecule has 3 aromatic carbocycles. The number of carbonyl (C=O) groups is 2. The maximum atomic E-state index is 12.0. The van der Waals surface area contributed by atoms with E-state index < -0.39 is 0 Å². The SMILES string of the molecule is O=C(C=Cc1ccccc1)Nc1ccc(NC(=O)Nc2ccccc2)cc1. The quantitative estimate of drug-likeness (QED) is 0.564. The minimum atomic E-state index is -0.330. The fourth-order valence-corrected chi connectivity index (χ4v) is 2.37. The number of carbonyl (C=O) groups excluding carboxylic acids is 2. The third kappa shape index (κ3) is 5.86. The minimum absolute atomic E-state index is 0.221. The maximum Gasteiger partial charge on any atom is 0.323 e. The molecular formula is C22H19N3O2. The van der Waals surface area contributed by atoms with Crippen molar-refractivity contribution < 1.29 is 9.59 Å². The Hall–Kier alpha value is -3.86. The number of rotatable bonds is 5. The van der Waals surface area contributed by atoms with E-state index in [1.807, 2.05) is 48.5 Å². The van der Waals surface area contributed by atoms with Gasteiger partial charge in [-0.15, -0.1) is 0 Å². The van der Waals surface area contributed by atoms with Crippen LogP contribution in [-0.4, -0.2) is 11.9 Å². The van der Waals surface area contributed by atoms with E-state index in [9.17, 15) is 9.59 Å². The second kappa shape index (κ2) is 9.01. The predicted octanol–water partition coefficient (Wildman–Crippen LogP) is 4.98. The van der Waals surface area contributed by atoms with Crippen molar-refractivity contribution in [3.05, 3.63) is 96.6 Å². The van der Waals surface area contributed by atoms with Crippen LogP contribution in [-0.2, 0) is 4.79 Å². The Labute approximate surface area is 157 Å². The van der Waals surface area contributed by atoms with E-state index in [2.05, 4.69) is 16.0 Å². The van der Waals surface area contributed by atoms with Crippen molar-refractivity contribution in [2.45, 2.75) is 0 Å². The molecular weight excluding hydrogens is 338 g/mol.